The van der Waals surface area contributed by atoms with Crippen LogP contribution in [0.3, 0.4) is 0 Å². The summed E-state index contributed by atoms with van der Waals surface area (Å²) in [6.45, 7) is 3.97. The first-order valence-electron chi connectivity index (χ1n) is 5.53. The van der Waals surface area contributed by atoms with Gasteiger partial charge in [-0.2, -0.15) is 0 Å². The quantitative estimate of drug-likeness (QED) is 0.800. The van der Waals surface area contributed by atoms with E-state index in [1.165, 1.54) is 11.3 Å². The van der Waals surface area contributed by atoms with Gasteiger partial charge in [0, 0.05) is 10.4 Å². The Morgan fingerprint density at radius 2 is 2.17 bits per heavy atom. The van der Waals surface area contributed by atoms with Crippen molar-refractivity contribution in [2.45, 2.75) is 13.8 Å². The third-order valence-corrected chi connectivity index (χ3v) is 3.70. The topological polar surface area (TPSA) is 39.2 Å². The summed E-state index contributed by atoms with van der Waals surface area (Å²) in [5.74, 6) is -0.385. The van der Waals surface area contributed by atoms with E-state index in [2.05, 4.69) is 4.98 Å². The predicted octanol–water partition coefficient (Wildman–Crippen LogP) is 3.95. The molecule has 1 heterocycles. The summed E-state index contributed by atoms with van der Waals surface area (Å²) in [6, 6.07) is 7.44. The van der Waals surface area contributed by atoms with Gasteiger partial charge in [-0.3, -0.25) is 0 Å². The fraction of sp³-hybridized carbons (Fsp3) is 0.231. The number of nitrogens with zero attached hydrogens (tertiary/aromatic N) is 1. The van der Waals surface area contributed by atoms with Crippen molar-refractivity contribution in [3.8, 4) is 10.6 Å². The summed E-state index contributed by atoms with van der Waals surface area (Å²) >= 11 is 7.55. The van der Waals surface area contributed by atoms with Crippen LogP contribution in [0, 0.1) is 6.92 Å². The number of thiazole rings is 1. The van der Waals surface area contributed by atoms with E-state index in [0.717, 1.165) is 15.4 Å². The highest BCUT2D eigenvalue weighted by Crippen LogP contribution is 2.32. The third kappa shape index (κ3) is 2.54. The maximum Gasteiger partial charge on any atom is 0.358 e. The van der Waals surface area contributed by atoms with E-state index in [0.29, 0.717) is 17.3 Å². The van der Waals surface area contributed by atoms with Crippen LogP contribution in [0.15, 0.2) is 24.3 Å². The second-order valence-corrected chi connectivity index (χ2v) is 5.23. The first-order valence-corrected chi connectivity index (χ1v) is 6.72. The lowest BCUT2D eigenvalue weighted by Crippen LogP contribution is -2.06. The van der Waals surface area contributed by atoms with Gasteiger partial charge in [-0.05, 0) is 19.9 Å². The molecular formula is C13H12ClNO2S. The lowest BCUT2D eigenvalue weighted by atomic mass is 10.2. The molecule has 2 aromatic rings. The van der Waals surface area contributed by atoms with E-state index >= 15 is 0 Å². The van der Waals surface area contributed by atoms with Gasteiger partial charge in [0.2, 0.25) is 0 Å². The van der Waals surface area contributed by atoms with E-state index in [1.54, 1.807) is 13.0 Å². The number of aromatic nitrogens is 1. The molecule has 0 saturated carbocycles. The van der Waals surface area contributed by atoms with Crippen LogP contribution in [0.1, 0.15) is 22.3 Å². The molecule has 3 nitrogen and oxygen atoms in total. The van der Waals surface area contributed by atoms with Gasteiger partial charge in [0.25, 0.3) is 0 Å². The molecule has 0 radical (unpaired) electrons. The zero-order valence-corrected chi connectivity index (χ0v) is 11.6. The molecule has 0 atom stereocenters. The van der Waals surface area contributed by atoms with Crippen LogP contribution in [0.4, 0.5) is 0 Å². The number of rotatable bonds is 3. The number of aryl methyl sites for hydroxylation is 1. The minimum absolute atomic E-state index is 0.344. The molecule has 0 amide bonds. The molecule has 0 N–H and O–H groups in total. The molecule has 1 aromatic heterocycles. The van der Waals surface area contributed by atoms with Crippen molar-refractivity contribution in [3.63, 3.8) is 0 Å². The molecule has 0 aliphatic rings. The monoisotopic (exact) mass is 281 g/mol. The molecule has 0 bridgehead atoms. The largest absolute Gasteiger partial charge is 0.461 e. The minimum atomic E-state index is -0.385. The average molecular weight is 282 g/mol. The highest BCUT2D eigenvalue weighted by molar-refractivity contribution is 7.15. The lowest BCUT2D eigenvalue weighted by molar-refractivity contribution is 0.0519. The van der Waals surface area contributed by atoms with Crippen molar-refractivity contribution in [2.75, 3.05) is 6.61 Å². The standard InChI is InChI=1S/C13H12ClNO2S/c1-3-17-13(16)11-8(2)18-12(15-11)9-6-4-5-7-10(9)14/h4-7H,3H2,1-2H3. The van der Waals surface area contributed by atoms with Crippen LogP contribution < -0.4 is 0 Å². The number of benzene rings is 1. The second-order valence-electron chi connectivity index (χ2n) is 3.62. The van der Waals surface area contributed by atoms with Crippen molar-refractivity contribution < 1.29 is 9.53 Å². The molecule has 0 aliphatic heterocycles. The van der Waals surface area contributed by atoms with Crippen molar-refractivity contribution in [1.29, 1.82) is 0 Å². The maximum absolute atomic E-state index is 11.7. The number of hydrogen-bond acceptors (Lipinski definition) is 4. The molecule has 94 valence electrons. The zero-order valence-electron chi connectivity index (χ0n) is 10.1. The van der Waals surface area contributed by atoms with Gasteiger partial charge < -0.3 is 4.74 Å². The number of carbonyl (C=O) groups excluding carboxylic acids is 1. The Balaban J connectivity index is 2.41. The first kappa shape index (κ1) is 13.1. The van der Waals surface area contributed by atoms with Gasteiger partial charge >= 0.3 is 5.97 Å². The average Bonchev–Trinajstić information content (AvgIpc) is 2.72. The Bertz CT molecular complexity index is 580. The van der Waals surface area contributed by atoms with Gasteiger partial charge in [-0.25, -0.2) is 9.78 Å². The molecule has 0 spiro atoms. The van der Waals surface area contributed by atoms with Gasteiger partial charge in [0.05, 0.1) is 11.6 Å². The minimum Gasteiger partial charge on any atom is -0.461 e. The Morgan fingerprint density at radius 3 is 2.83 bits per heavy atom. The molecule has 2 rings (SSSR count). The fourth-order valence-corrected chi connectivity index (χ4v) is 2.76. The van der Waals surface area contributed by atoms with E-state index in [-0.39, 0.29) is 5.97 Å². The Hall–Kier alpha value is -1.39. The van der Waals surface area contributed by atoms with Crippen molar-refractivity contribution in [3.05, 3.63) is 39.9 Å². The number of esters is 1. The van der Waals surface area contributed by atoms with Crippen LogP contribution in [-0.2, 0) is 4.74 Å². The molecule has 0 fully saturated rings. The maximum atomic E-state index is 11.7. The molecule has 0 unspecified atom stereocenters. The summed E-state index contributed by atoms with van der Waals surface area (Å²) in [7, 11) is 0. The van der Waals surface area contributed by atoms with Crippen molar-refractivity contribution in [2.24, 2.45) is 0 Å². The van der Waals surface area contributed by atoms with Gasteiger partial charge in [0.1, 0.15) is 5.01 Å². The number of halogens is 1. The molecule has 1 aromatic carbocycles. The van der Waals surface area contributed by atoms with Crippen molar-refractivity contribution in [1.82, 2.24) is 4.98 Å². The number of ether oxygens (including phenoxy) is 1. The Kier molecular flexibility index (Phi) is 3.99. The van der Waals surface area contributed by atoms with Crippen LogP contribution in [0.2, 0.25) is 5.02 Å². The highest BCUT2D eigenvalue weighted by Gasteiger charge is 2.18. The molecular weight excluding hydrogens is 270 g/mol. The predicted molar refractivity (Wildman–Crippen MR) is 73.3 cm³/mol. The number of hydrogen-bond donors (Lipinski definition) is 0. The molecule has 5 heteroatoms. The summed E-state index contributed by atoms with van der Waals surface area (Å²) in [4.78, 5) is 16.8. The summed E-state index contributed by atoms with van der Waals surface area (Å²) in [6.07, 6.45) is 0. The molecule has 0 aliphatic carbocycles. The second kappa shape index (κ2) is 5.50. The normalized spacial score (nSPS) is 10.4. The van der Waals surface area contributed by atoms with E-state index in [9.17, 15) is 4.79 Å². The molecule has 18 heavy (non-hydrogen) atoms. The summed E-state index contributed by atoms with van der Waals surface area (Å²) in [5, 5.41) is 1.36. The Labute approximate surface area is 114 Å². The molecule has 0 saturated heterocycles. The van der Waals surface area contributed by atoms with Crippen LogP contribution in [-0.4, -0.2) is 17.6 Å². The summed E-state index contributed by atoms with van der Waals surface area (Å²) < 4.78 is 4.96. The van der Waals surface area contributed by atoms with Crippen LogP contribution in [0.25, 0.3) is 10.6 Å². The smallest absolute Gasteiger partial charge is 0.358 e. The Morgan fingerprint density at radius 1 is 1.44 bits per heavy atom. The zero-order chi connectivity index (χ0) is 13.1. The highest BCUT2D eigenvalue weighted by atomic mass is 35.5. The van der Waals surface area contributed by atoms with Crippen LogP contribution >= 0.6 is 22.9 Å². The lowest BCUT2D eigenvalue weighted by Gasteiger charge is -1.99. The van der Waals surface area contributed by atoms with E-state index < -0.39 is 0 Å². The van der Waals surface area contributed by atoms with Gasteiger partial charge in [-0.1, -0.05) is 29.8 Å². The first-order chi connectivity index (χ1) is 8.63. The third-order valence-electron chi connectivity index (χ3n) is 2.37. The van der Waals surface area contributed by atoms with Gasteiger partial charge in [0.15, 0.2) is 5.69 Å². The number of carbonyl (C=O) groups is 1. The van der Waals surface area contributed by atoms with Crippen LogP contribution in [0.5, 0.6) is 0 Å². The van der Waals surface area contributed by atoms with E-state index in [1.807, 2.05) is 25.1 Å². The van der Waals surface area contributed by atoms with E-state index in [4.69, 9.17) is 16.3 Å². The van der Waals surface area contributed by atoms with Gasteiger partial charge in [-0.15, -0.1) is 11.3 Å². The fourth-order valence-electron chi connectivity index (χ4n) is 1.54. The SMILES string of the molecule is CCOC(=O)c1nc(-c2ccccc2Cl)sc1C. The van der Waals surface area contributed by atoms with Crippen molar-refractivity contribution >= 4 is 28.9 Å². The summed E-state index contributed by atoms with van der Waals surface area (Å²) in [5.41, 5.74) is 1.21.